The second kappa shape index (κ2) is 9.68. The van der Waals surface area contributed by atoms with Crippen molar-refractivity contribution in [2.24, 2.45) is 4.99 Å². The third kappa shape index (κ3) is 6.00. The maximum absolute atomic E-state index is 12.3. The maximum Gasteiger partial charge on any atom is 0.410 e. The Bertz CT molecular complexity index is 758. The summed E-state index contributed by atoms with van der Waals surface area (Å²) in [6.07, 6.45) is -0.282. The second-order valence-electron chi connectivity index (χ2n) is 7.78. The minimum absolute atomic E-state index is 0. The van der Waals surface area contributed by atoms with Gasteiger partial charge in [-0.25, -0.2) is 9.59 Å². The molecule has 10 heteroatoms. The molecule has 1 aromatic heterocycles. The van der Waals surface area contributed by atoms with E-state index in [9.17, 15) is 9.59 Å². The molecule has 1 atom stereocenters. The minimum Gasteiger partial charge on any atom is -0.460 e. The second-order valence-corrected chi connectivity index (χ2v) is 7.78. The van der Waals surface area contributed by atoms with Crippen LogP contribution in [-0.4, -0.2) is 72.3 Å². The van der Waals surface area contributed by atoms with Crippen LogP contribution in [-0.2, 0) is 16.0 Å². The number of amides is 1. The summed E-state index contributed by atoms with van der Waals surface area (Å²) in [4.78, 5) is 32.4. The Kier molecular flexibility index (Phi) is 7.78. The molecule has 2 aliphatic heterocycles. The molecule has 29 heavy (non-hydrogen) atoms. The standard InChI is InChI=1S/C19H28N4O5.HI/c1-5-26-16(24)15-7-6-14(27-15)11-21-17-20-10-13-12-22(8-9-23(13)17)18(25)28-19(2,3)4;/h6-7,13H,5,8-12H2,1-4H3,(H,20,21);1H. The molecule has 0 saturated carbocycles. The molecule has 0 aliphatic carbocycles. The molecule has 3 heterocycles. The van der Waals surface area contributed by atoms with E-state index in [4.69, 9.17) is 13.9 Å². The quantitative estimate of drug-likeness (QED) is 0.482. The fraction of sp³-hybridized carbons (Fsp3) is 0.632. The monoisotopic (exact) mass is 520 g/mol. The Labute approximate surface area is 187 Å². The predicted molar refractivity (Wildman–Crippen MR) is 118 cm³/mol. The number of nitrogens with one attached hydrogen (secondary N) is 1. The Morgan fingerprint density at radius 3 is 2.76 bits per heavy atom. The highest BCUT2D eigenvalue weighted by atomic mass is 127. The number of aliphatic imine (C=N–C) groups is 1. The smallest absolute Gasteiger partial charge is 0.410 e. The van der Waals surface area contributed by atoms with Gasteiger partial charge in [0, 0.05) is 19.6 Å². The first kappa shape index (κ1) is 23.3. The van der Waals surface area contributed by atoms with Gasteiger partial charge in [-0.05, 0) is 39.8 Å². The number of hydrogen-bond donors (Lipinski definition) is 1. The molecule has 3 rings (SSSR count). The Balaban J connectivity index is 0.00000300. The van der Waals surface area contributed by atoms with Crippen molar-refractivity contribution >= 4 is 42.0 Å². The lowest BCUT2D eigenvalue weighted by Crippen LogP contribution is -2.57. The van der Waals surface area contributed by atoms with E-state index < -0.39 is 11.6 Å². The van der Waals surface area contributed by atoms with Crippen molar-refractivity contribution in [3.8, 4) is 0 Å². The predicted octanol–water partition coefficient (Wildman–Crippen LogP) is 2.45. The van der Waals surface area contributed by atoms with Gasteiger partial charge in [-0.3, -0.25) is 4.99 Å². The number of furan rings is 1. The number of carbonyl (C=O) groups is 2. The third-order valence-electron chi connectivity index (χ3n) is 4.42. The lowest BCUT2D eigenvalue weighted by atomic mass is 10.2. The molecular weight excluding hydrogens is 491 g/mol. The van der Waals surface area contributed by atoms with Gasteiger partial charge in [0.2, 0.25) is 5.76 Å². The van der Waals surface area contributed by atoms with Crippen LogP contribution in [0.5, 0.6) is 0 Å². The molecule has 1 amide bonds. The number of guanidine groups is 1. The average Bonchev–Trinajstić information content (AvgIpc) is 3.25. The average molecular weight is 520 g/mol. The van der Waals surface area contributed by atoms with E-state index in [1.807, 2.05) is 20.8 Å². The molecule has 1 saturated heterocycles. The van der Waals surface area contributed by atoms with Crippen LogP contribution in [0, 0.1) is 0 Å². The van der Waals surface area contributed by atoms with Gasteiger partial charge in [-0.1, -0.05) is 0 Å². The molecule has 1 aromatic rings. The zero-order valence-corrected chi connectivity index (χ0v) is 19.6. The number of piperazine rings is 1. The van der Waals surface area contributed by atoms with Gasteiger partial charge in [-0.15, -0.1) is 24.0 Å². The van der Waals surface area contributed by atoms with E-state index >= 15 is 0 Å². The molecule has 162 valence electrons. The van der Waals surface area contributed by atoms with Gasteiger partial charge >= 0.3 is 12.1 Å². The zero-order valence-electron chi connectivity index (χ0n) is 17.3. The van der Waals surface area contributed by atoms with Crippen molar-refractivity contribution in [2.45, 2.75) is 45.9 Å². The topological polar surface area (TPSA) is 96.6 Å². The van der Waals surface area contributed by atoms with Crippen molar-refractivity contribution in [1.82, 2.24) is 15.1 Å². The first-order chi connectivity index (χ1) is 13.3. The molecule has 2 aliphatic rings. The van der Waals surface area contributed by atoms with Crippen molar-refractivity contribution in [3.63, 3.8) is 0 Å². The van der Waals surface area contributed by atoms with Crippen LogP contribution in [0.3, 0.4) is 0 Å². The highest BCUT2D eigenvalue weighted by molar-refractivity contribution is 14.0. The van der Waals surface area contributed by atoms with E-state index in [0.29, 0.717) is 45.1 Å². The fourth-order valence-corrected chi connectivity index (χ4v) is 3.17. The van der Waals surface area contributed by atoms with Gasteiger partial charge in [0.1, 0.15) is 11.4 Å². The fourth-order valence-electron chi connectivity index (χ4n) is 3.17. The van der Waals surface area contributed by atoms with Crippen LogP contribution < -0.4 is 5.32 Å². The molecule has 1 fully saturated rings. The highest BCUT2D eigenvalue weighted by Crippen LogP contribution is 2.19. The molecule has 1 N–H and O–H groups in total. The lowest BCUT2D eigenvalue weighted by molar-refractivity contribution is 0.0137. The van der Waals surface area contributed by atoms with Gasteiger partial charge in [0.05, 0.1) is 25.7 Å². The van der Waals surface area contributed by atoms with Crippen LogP contribution in [0.25, 0.3) is 0 Å². The van der Waals surface area contributed by atoms with E-state index in [-0.39, 0.29) is 41.9 Å². The number of rotatable bonds is 4. The number of fused-ring (bicyclic) bond motifs is 1. The number of nitrogens with zero attached hydrogens (tertiary/aromatic N) is 3. The lowest BCUT2D eigenvalue weighted by Gasteiger charge is -2.39. The van der Waals surface area contributed by atoms with Gasteiger partial charge in [0.25, 0.3) is 0 Å². The molecule has 9 nitrogen and oxygen atoms in total. The summed E-state index contributed by atoms with van der Waals surface area (Å²) in [6.45, 7) is 10.5. The molecule has 0 spiro atoms. The van der Waals surface area contributed by atoms with Crippen LogP contribution in [0.15, 0.2) is 21.5 Å². The van der Waals surface area contributed by atoms with E-state index in [1.54, 1.807) is 24.0 Å². The van der Waals surface area contributed by atoms with E-state index in [0.717, 1.165) is 5.96 Å². The van der Waals surface area contributed by atoms with Crippen molar-refractivity contribution in [1.29, 1.82) is 0 Å². The van der Waals surface area contributed by atoms with E-state index in [2.05, 4.69) is 15.2 Å². The van der Waals surface area contributed by atoms with Gasteiger partial charge in [0.15, 0.2) is 5.96 Å². The number of hydrogen-bond acceptors (Lipinski definition) is 8. The third-order valence-corrected chi connectivity index (χ3v) is 4.42. The summed E-state index contributed by atoms with van der Waals surface area (Å²) >= 11 is 0. The van der Waals surface area contributed by atoms with Crippen LogP contribution in [0.1, 0.15) is 44.0 Å². The molecule has 0 radical (unpaired) electrons. The molecule has 0 bridgehead atoms. The maximum atomic E-state index is 12.3. The minimum atomic E-state index is -0.501. The Morgan fingerprint density at radius 2 is 2.07 bits per heavy atom. The van der Waals surface area contributed by atoms with E-state index in [1.165, 1.54) is 0 Å². The number of carbonyl (C=O) groups excluding carboxylic acids is 2. The summed E-state index contributed by atoms with van der Waals surface area (Å²) in [5.74, 6) is 1.13. The molecular formula is C19H29IN4O5. The van der Waals surface area contributed by atoms with Crippen molar-refractivity contribution in [2.75, 3.05) is 32.8 Å². The van der Waals surface area contributed by atoms with Crippen LogP contribution >= 0.6 is 24.0 Å². The summed E-state index contributed by atoms with van der Waals surface area (Å²) in [5, 5.41) is 3.26. The van der Waals surface area contributed by atoms with Crippen LogP contribution in [0.4, 0.5) is 4.79 Å². The van der Waals surface area contributed by atoms with Crippen molar-refractivity contribution < 1.29 is 23.5 Å². The van der Waals surface area contributed by atoms with Crippen molar-refractivity contribution in [3.05, 3.63) is 23.7 Å². The zero-order chi connectivity index (χ0) is 20.3. The van der Waals surface area contributed by atoms with Gasteiger partial charge < -0.3 is 29.0 Å². The molecule has 1 unspecified atom stereocenters. The van der Waals surface area contributed by atoms with Gasteiger partial charge in [-0.2, -0.15) is 0 Å². The summed E-state index contributed by atoms with van der Waals surface area (Å²) < 4.78 is 15.9. The van der Waals surface area contributed by atoms with Crippen LogP contribution in [0.2, 0.25) is 0 Å². The normalized spacial score (nSPS) is 18.5. The largest absolute Gasteiger partial charge is 0.460 e. The first-order valence-electron chi connectivity index (χ1n) is 9.55. The Morgan fingerprint density at radius 1 is 1.31 bits per heavy atom. The number of esters is 1. The first-order valence-corrected chi connectivity index (χ1v) is 9.55. The summed E-state index contributed by atoms with van der Waals surface area (Å²) in [5.41, 5.74) is -0.501. The molecule has 0 aromatic carbocycles. The Hall–Kier alpha value is -1.98. The number of ether oxygens (including phenoxy) is 2. The summed E-state index contributed by atoms with van der Waals surface area (Å²) in [6, 6.07) is 3.48. The highest BCUT2D eigenvalue weighted by Gasteiger charge is 2.36. The number of halogens is 1. The summed E-state index contributed by atoms with van der Waals surface area (Å²) in [7, 11) is 0. The SMILES string of the molecule is CCOC(=O)c1ccc(CNC2=NCC3CN(C(=O)OC(C)(C)C)CCN23)o1.I.